The van der Waals surface area contributed by atoms with Gasteiger partial charge in [-0.05, 0) is 97.0 Å². The molecule has 3 nitrogen and oxygen atoms in total. The summed E-state index contributed by atoms with van der Waals surface area (Å²) in [6.07, 6.45) is 0. The first kappa shape index (κ1) is 36.4. The third-order valence-corrected chi connectivity index (χ3v) is 13.9. The van der Waals surface area contributed by atoms with E-state index < -0.39 is 0 Å². The minimum absolute atomic E-state index is 0.643. The summed E-state index contributed by atoms with van der Waals surface area (Å²) in [5, 5.41) is 10.3. The van der Waals surface area contributed by atoms with Gasteiger partial charge in [0.1, 0.15) is 0 Å². The lowest BCUT2D eigenvalue weighted by Gasteiger charge is -2.13. The van der Waals surface area contributed by atoms with Crippen LogP contribution in [-0.4, -0.2) is 15.0 Å². The van der Waals surface area contributed by atoms with E-state index in [-0.39, 0.29) is 0 Å². The third kappa shape index (κ3) is 6.51. The summed E-state index contributed by atoms with van der Waals surface area (Å²) in [6.45, 7) is 0. The van der Waals surface area contributed by atoms with E-state index in [1.807, 2.05) is 18.2 Å². The molecule has 0 aliphatic heterocycles. The van der Waals surface area contributed by atoms with E-state index in [0.717, 1.165) is 32.7 Å². The number of hydrogen-bond acceptors (Lipinski definition) is 5. The highest BCUT2D eigenvalue weighted by atomic mass is 32.2. The number of rotatable bonds is 7. The summed E-state index contributed by atoms with van der Waals surface area (Å²) in [6, 6.07) is 75.9. The van der Waals surface area contributed by atoms with Crippen molar-refractivity contribution in [3.63, 3.8) is 0 Å². The lowest BCUT2D eigenvalue weighted by molar-refractivity contribution is 1.07. The zero-order valence-electron chi connectivity index (χ0n) is 33.4. The normalized spacial score (nSPS) is 11.6. The minimum atomic E-state index is 0.643. The van der Waals surface area contributed by atoms with Crippen LogP contribution >= 0.6 is 23.1 Å². The molecule has 0 saturated heterocycles. The van der Waals surface area contributed by atoms with Gasteiger partial charge in [0, 0.05) is 46.7 Å². The average Bonchev–Trinajstić information content (AvgIpc) is 3.72. The van der Waals surface area contributed by atoms with Crippen LogP contribution in [0.3, 0.4) is 0 Å². The maximum absolute atomic E-state index is 5.19. The lowest BCUT2D eigenvalue weighted by atomic mass is 9.92. The molecular formula is C57H35N3S2. The van der Waals surface area contributed by atoms with Gasteiger partial charge in [0.15, 0.2) is 17.5 Å². The average molecular weight is 826 g/mol. The largest absolute Gasteiger partial charge is 0.208 e. The van der Waals surface area contributed by atoms with Crippen LogP contribution in [0.5, 0.6) is 0 Å². The van der Waals surface area contributed by atoms with E-state index in [0.29, 0.717) is 17.5 Å². The standard InChI is InChI=1S/C57H35N3S2/c1-2-13-37(14-3-1)55-58-56(40-28-32-50-49-22-10-11-24-53(49)62-54(50)35-40)60-57(59-55)51-23-9-4-17-43(51)39-15-12-16-42(33-39)61-41-29-25-36(26-30-41)38-27-31-48-46-20-6-5-18-44(46)45-19-7-8-21-47(45)52(48)34-38/h1-35H. The van der Waals surface area contributed by atoms with E-state index in [2.05, 4.69) is 194 Å². The fourth-order valence-corrected chi connectivity index (χ4v) is 10.8. The van der Waals surface area contributed by atoms with E-state index in [9.17, 15) is 0 Å². The molecule has 0 amide bonds. The van der Waals surface area contributed by atoms with Crippen molar-refractivity contribution in [2.75, 3.05) is 0 Å². The molecule has 12 aromatic rings. The molecule has 0 aliphatic carbocycles. The van der Waals surface area contributed by atoms with Crippen molar-refractivity contribution in [2.24, 2.45) is 0 Å². The van der Waals surface area contributed by atoms with E-state index >= 15 is 0 Å². The molecule has 12 rings (SSSR count). The number of fused-ring (bicyclic) bond motifs is 9. The van der Waals surface area contributed by atoms with Gasteiger partial charge < -0.3 is 0 Å². The number of aromatic nitrogens is 3. The van der Waals surface area contributed by atoms with Crippen LogP contribution in [0.2, 0.25) is 0 Å². The van der Waals surface area contributed by atoms with Gasteiger partial charge in [-0.1, -0.05) is 182 Å². The molecule has 0 aliphatic rings. The van der Waals surface area contributed by atoms with Crippen molar-refractivity contribution in [3.05, 3.63) is 212 Å². The van der Waals surface area contributed by atoms with Crippen LogP contribution in [0.1, 0.15) is 0 Å². The van der Waals surface area contributed by atoms with E-state index in [1.165, 1.54) is 68.5 Å². The number of nitrogens with zero attached hydrogens (tertiary/aromatic N) is 3. The molecule has 5 heteroatoms. The zero-order valence-corrected chi connectivity index (χ0v) is 35.0. The Morgan fingerprint density at radius 3 is 1.56 bits per heavy atom. The molecule has 290 valence electrons. The Hall–Kier alpha value is -7.44. The Morgan fingerprint density at radius 1 is 0.274 bits per heavy atom. The van der Waals surface area contributed by atoms with Crippen molar-refractivity contribution in [1.82, 2.24) is 15.0 Å². The van der Waals surface area contributed by atoms with Crippen molar-refractivity contribution in [2.45, 2.75) is 9.79 Å². The molecule has 0 unspecified atom stereocenters. The molecule has 0 spiro atoms. The molecule has 2 heterocycles. The lowest BCUT2D eigenvalue weighted by Crippen LogP contribution is -2.01. The summed E-state index contributed by atoms with van der Waals surface area (Å²) < 4.78 is 2.49. The summed E-state index contributed by atoms with van der Waals surface area (Å²) in [4.78, 5) is 17.7. The Morgan fingerprint density at radius 2 is 0.806 bits per heavy atom. The van der Waals surface area contributed by atoms with E-state index in [4.69, 9.17) is 15.0 Å². The predicted molar refractivity (Wildman–Crippen MR) is 263 cm³/mol. The quantitative estimate of drug-likeness (QED) is 0.150. The van der Waals surface area contributed by atoms with Gasteiger partial charge in [-0.15, -0.1) is 11.3 Å². The maximum atomic E-state index is 5.19. The molecule has 2 aromatic heterocycles. The first-order valence-electron chi connectivity index (χ1n) is 20.7. The zero-order chi connectivity index (χ0) is 41.0. The van der Waals surface area contributed by atoms with Gasteiger partial charge in [0.25, 0.3) is 0 Å². The van der Waals surface area contributed by atoms with Crippen LogP contribution in [0.15, 0.2) is 222 Å². The van der Waals surface area contributed by atoms with Crippen molar-refractivity contribution >= 4 is 75.6 Å². The fraction of sp³-hybridized carbons (Fsp3) is 0. The molecule has 10 aromatic carbocycles. The summed E-state index contributed by atoms with van der Waals surface area (Å²) in [5.74, 6) is 1.95. The van der Waals surface area contributed by atoms with Crippen molar-refractivity contribution < 1.29 is 0 Å². The van der Waals surface area contributed by atoms with Gasteiger partial charge in [-0.3, -0.25) is 0 Å². The Balaban J connectivity index is 0.875. The first-order valence-corrected chi connectivity index (χ1v) is 22.4. The SMILES string of the molecule is c1ccc(-c2nc(-c3ccc4c(c3)sc3ccccc34)nc(-c3ccccc3-c3cccc(Sc4ccc(-c5ccc6c7ccccc7c7ccccc7c6c5)cc4)c3)n2)cc1. The highest BCUT2D eigenvalue weighted by Crippen LogP contribution is 2.40. The van der Waals surface area contributed by atoms with Crippen LogP contribution in [-0.2, 0) is 0 Å². The van der Waals surface area contributed by atoms with Gasteiger partial charge in [-0.2, -0.15) is 0 Å². The molecule has 0 fully saturated rings. The molecular weight excluding hydrogens is 791 g/mol. The molecule has 0 atom stereocenters. The number of hydrogen-bond donors (Lipinski definition) is 0. The predicted octanol–water partition coefficient (Wildman–Crippen LogP) is 16.2. The molecule has 62 heavy (non-hydrogen) atoms. The van der Waals surface area contributed by atoms with Gasteiger partial charge in [0.05, 0.1) is 0 Å². The van der Waals surface area contributed by atoms with Crippen molar-refractivity contribution in [3.8, 4) is 56.4 Å². The van der Waals surface area contributed by atoms with Crippen molar-refractivity contribution in [1.29, 1.82) is 0 Å². The number of thiophene rings is 1. The first-order chi connectivity index (χ1) is 30.7. The summed E-state index contributed by atoms with van der Waals surface area (Å²) in [5.41, 5.74) is 7.46. The molecule has 0 saturated carbocycles. The minimum Gasteiger partial charge on any atom is -0.208 e. The highest BCUT2D eigenvalue weighted by Gasteiger charge is 2.17. The van der Waals surface area contributed by atoms with Crippen LogP contribution < -0.4 is 0 Å². The molecule has 0 N–H and O–H groups in total. The monoisotopic (exact) mass is 825 g/mol. The Bertz CT molecular complexity index is 3630. The summed E-state index contributed by atoms with van der Waals surface area (Å²) >= 11 is 3.57. The van der Waals surface area contributed by atoms with E-state index in [1.54, 1.807) is 23.1 Å². The fourth-order valence-electron chi connectivity index (χ4n) is 8.80. The maximum Gasteiger partial charge on any atom is 0.164 e. The van der Waals surface area contributed by atoms with Gasteiger partial charge in [0.2, 0.25) is 0 Å². The van der Waals surface area contributed by atoms with Gasteiger partial charge in [-0.25, -0.2) is 15.0 Å². The molecule has 0 radical (unpaired) electrons. The van der Waals surface area contributed by atoms with Crippen LogP contribution in [0.4, 0.5) is 0 Å². The second-order valence-electron chi connectivity index (χ2n) is 15.5. The topological polar surface area (TPSA) is 38.7 Å². The van der Waals surface area contributed by atoms with Crippen LogP contribution in [0, 0.1) is 0 Å². The third-order valence-electron chi connectivity index (χ3n) is 11.8. The van der Waals surface area contributed by atoms with Gasteiger partial charge >= 0.3 is 0 Å². The summed E-state index contributed by atoms with van der Waals surface area (Å²) in [7, 11) is 0. The smallest absolute Gasteiger partial charge is 0.164 e. The Kier molecular flexibility index (Phi) is 8.95. The molecule has 0 bridgehead atoms. The second kappa shape index (κ2) is 15.2. The highest BCUT2D eigenvalue weighted by molar-refractivity contribution is 7.99. The Labute approximate surface area is 367 Å². The second-order valence-corrected chi connectivity index (χ2v) is 17.8. The number of benzene rings is 10. The van der Waals surface area contributed by atoms with Crippen LogP contribution in [0.25, 0.3) is 109 Å².